The van der Waals surface area contributed by atoms with E-state index in [2.05, 4.69) is 16.7 Å². The van der Waals surface area contributed by atoms with Crippen LogP contribution in [0.3, 0.4) is 0 Å². The number of amides is 1. The second-order valence-corrected chi connectivity index (χ2v) is 5.50. The van der Waals surface area contributed by atoms with E-state index in [1.165, 1.54) is 11.3 Å². The second kappa shape index (κ2) is 6.66. The number of carbonyl (C=O) groups excluding carboxylic acids is 1. The first-order valence-electron chi connectivity index (χ1n) is 6.30. The molecule has 2 N–H and O–H groups in total. The number of thiophene rings is 1. The van der Waals surface area contributed by atoms with Crippen LogP contribution in [0, 0.1) is 11.3 Å². The number of nitrogens with zero attached hydrogens (tertiary/aromatic N) is 1. The summed E-state index contributed by atoms with van der Waals surface area (Å²) in [6, 6.07) is 2.22. The fourth-order valence-electron chi connectivity index (χ4n) is 2.11. The standard InChI is InChI=1S/C13H17N3O2S/c1-18-6-2-3-12(17)16-13-10(7-14)9-4-5-15-8-11(9)19-13/h15H,2-6,8H2,1H3,(H,16,17). The molecule has 19 heavy (non-hydrogen) atoms. The molecule has 2 heterocycles. The van der Waals surface area contributed by atoms with E-state index in [9.17, 15) is 10.1 Å². The van der Waals surface area contributed by atoms with Crippen molar-refractivity contribution in [2.24, 2.45) is 0 Å². The van der Waals surface area contributed by atoms with Crippen LogP contribution in [0.4, 0.5) is 5.00 Å². The van der Waals surface area contributed by atoms with E-state index < -0.39 is 0 Å². The first-order chi connectivity index (χ1) is 9.26. The lowest BCUT2D eigenvalue weighted by atomic mass is 10.1. The van der Waals surface area contributed by atoms with Gasteiger partial charge in [-0.3, -0.25) is 4.79 Å². The minimum atomic E-state index is -0.0555. The zero-order chi connectivity index (χ0) is 13.7. The van der Waals surface area contributed by atoms with Gasteiger partial charge in [0.2, 0.25) is 5.91 Å². The summed E-state index contributed by atoms with van der Waals surface area (Å²) in [4.78, 5) is 12.9. The molecule has 0 saturated heterocycles. The first-order valence-corrected chi connectivity index (χ1v) is 7.12. The third kappa shape index (κ3) is 3.32. The smallest absolute Gasteiger partial charge is 0.225 e. The molecule has 2 rings (SSSR count). The zero-order valence-corrected chi connectivity index (χ0v) is 11.7. The number of nitrogens with one attached hydrogen (secondary N) is 2. The molecule has 102 valence electrons. The van der Waals surface area contributed by atoms with Crippen LogP contribution in [0.5, 0.6) is 0 Å². The van der Waals surface area contributed by atoms with Gasteiger partial charge in [-0.15, -0.1) is 11.3 Å². The van der Waals surface area contributed by atoms with Crippen LogP contribution < -0.4 is 10.6 Å². The quantitative estimate of drug-likeness (QED) is 0.803. The van der Waals surface area contributed by atoms with Crippen LogP contribution in [0.15, 0.2) is 0 Å². The van der Waals surface area contributed by atoms with Gasteiger partial charge in [-0.2, -0.15) is 5.26 Å². The zero-order valence-electron chi connectivity index (χ0n) is 10.9. The Morgan fingerprint density at radius 3 is 3.21 bits per heavy atom. The lowest BCUT2D eigenvalue weighted by Gasteiger charge is -2.11. The molecule has 0 aromatic carbocycles. The third-order valence-electron chi connectivity index (χ3n) is 3.05. The van der Waals surface area contributed by atoms with Gasteiger partial charge in [0.15, 0.2) is 0 Å². The van der Waals surface area contributed by atoms with Crippen molar-refractivity contribution in [1.82, 2.24) is 5.32 Å². The molecule has 1 aliphatic heterocycles. The predicted octanol–water partition coefficient (Wildman–Crippen LogP) is 1.63. The molecule has 1 aromatic heterocycles. The largest absolute Gasteiger partial charge is 0.385 e. The Balaban J connectivity index is 2.06. The number of anilines is 1. The normalized spacial score (nSPS) is 13.7. The molecule has 0 unspecified atom stereocenters. The summed E-state index contributed by atoms with van der Waals surface area (Å²) in [7, 11) is 1.62. The number of rotatable bonds is 5. The van der Waals surface area contributed by atoms with Crippen molar-refractivity contribution in [3.8, 4) is 6.07 Å². The van der Waals surface area contributed by atoms with Crippen LogP contribution >= 0.6 is 11.3 Å². The van der Waals surface area contributed by atoms with Crippen molar-refractivity contribution < 1.29 is 9.53 Å². The van der Waals surface area contributed by atoms with E-state index in [0.29, 0.717) is 30.0 Å². The first kappa shape index (κ1) is 14.0. The summed E-state index contributed by atoms with van der Waals surface area (Å²) in [5.41, 5.74) is 1.74. The summed E-state index contributed by atoms with van der Waals surface area (Å²) in [5.74, 6) is -0.0555. The van der Waals surface area contributed by atoms with E-state index in [-0.39, 0.29) is 5.91 Å². The van der Waals surface area contributed by atoms with Crippen LogP contribution in [0.1, 0.15) is 28.8 Å². The minimum absolute atomic E-state index is 0.0555. The van der Waals surface area contributed by atoms with E-state index in [1.54, 1.807) is 7.11 Å². The summed E-state index contributed by atoms with van der Waals surface area (Å²) in [5, 5.41) is 16.1. The Labute approximate surface area is 116 Å². The van der Waals surface area contributed by atoms with Crippen molar-refractivity contribution >= 4 is 22.2 Å². The van der Waals surface area contributed by atoms with Crippen LogP contribution in [-0.2, 0) is 22.5 Å². The fraction of sp³-hybridized carbons (Fsp3) is 0.538. The van der Waals surface area contributed by atoms with Gasteiger partial charge in [-0.1, -0.05) is 0 Å². The topological polar surface area (TPSA) is 74.1 Å². The highest BCUT2D eigenvalue weighted by Crippen LogP contribution is 2.34. The van der Waals surface area contributed by atoms with Crippen molar-refractivity contribution in [2.75, 3.05) is 25.6 Å². The maximum atomic E-state index is 11.8. The molecule has 6 heteroatoms. The SMILES string of the molecule is COCCCC(=O)Nc1sc2c(c1C#N)CCNC2. The van der Waals surface area contributed by atoms with Crippen molar-refractivity contribution in [3.05, 3.63) is 16.0 Å². The van der Waals surface area contributed by atoms with Crippen molar-refractivity contribution in [1.29, 1.82) is 5.26 Å². The Morgan fingerprint density at radius 1 is 1.63 bits per heavy atom. The van der Waals surface area contributed by atoms with Crippen LogP contribution in [-0.4, -0.2) is 26.2 Å². The fourth-order valence-corrected chi connectivity index (χ4v) is 3.29. The van der Waals surface area contributed by atoms with Crippen LogP contribution in [0.25, 0.3) is 0 Å². The molecule has 0 saturated carbocycles. The molecule has 0 atom stereocenters. The van der Waals surface area contributed by atoms with Gasteiger partial charge in [-0.25, -0.2) is 0 Å². The van der Waals surface area contributed by atoms with Gasteiger partial charge >= 0.3 is 0 Å². The van der Waals surface area contributed by atoms with E-state index in [4.69, 9.17) is 4.74 Å². The van der Waals surface area contributed by atoms with Crippen molar-refractivity contribution in [2.45, 2.75) is 25.8 Å². The van der Waals surface area contributed by atoms with Crippen molar-refractivity contribution in [3.63, 3.8) is 0 Å². The number of hydrogen-bond acceptors (Lipinski definition) is 5. The Bertz CT molecular complexity index is 505. The third-order valence-corrected chi connectivity index (χ3v) is 4.19. The maximum absolute atomic E-state index is 11.8. The lowest BCUT2D eigenvalue weighted by molar-refractivity contribution is -0.116. The molecule has 0 spiro atoms. The number of ether oxygens (including phenoxy) is 1. The van der Waals surface area contributed by atoms with E-state index in [1.807, 2.05) is 0 Å². The average Bonchev–Trinajstić information content (AvgIpc) is 2.76. The molecular weight excluding hydrogens is 262 g/mol. The summed E-state index contributed by atoms with van der Waals surface area (Å²) >= 11 is 1.51. The molecule has 5 nitrogen and oxygen atoms in total. The minimum Gasteiger partial charge on any atom is -0.385 e. The van der Waals surface area contributed by atoms with Gasteiger partial charge in [0.1, 0.15) is 11.1 Å². The van der Waals surface area contributed by atoms with Crippen LogP contribution in [0.2, 0.25) is 0 Å². The second-order valence-electron chi connectivity index (χ2n) is 4.39. The molecular formula is C13H17N3O2S. The molecule has 0 fully saturated rings. The number of fused-ring (bicyclic) bond motifs is 1. The number of methoxy groups -OCH3 is 1. The lowest BCUT2D eigenvalue weighted by Crippen LogP contribution is -2.22. The highest BCUT2D eigenvalue weighted by molar-refractivity contribution is 7.16. The summed E-state index contributed by atoms with van der Waals surface area (Å²) < 4.78 is 4.92. The van der Waals surface area contributed by atoms with Gasteiger partial charge in [0.25, 0.3) is 0 Å². The summed E-state index contributed by atoms with van der Waals surface area (Å²) in [6.45, 7) is 2.25. The summed E-state index contributed by atoms with van der Waals surface area (Å²) in [6.07, 6.45) is 1.96. The molecule has 0 radical (unpaired) electrons. The Morgan fingerprint density at radius 2 is 2.47 bits per heavy atom. The van der Waals surface area contributed by atoms with Gasteiger partial charge < -0.3 is 15.4 Å². The molecule has 1 aromatic rings. The molecule has 0 aliphatic carbocycles. The Kier molecular flexibility index (Phi) is 4.91. The predicted molar refractivity (Wildman–Crippen MR) is 74.2 cm³/mol. The van der Waals surface area contributed by atoms with E-state index in [0.717, 1.165) is 30.0 Å². The molecule has 1 aliphatic rings. The Hall–Kier alpha value is -1.42. The number of hydrogen-bond donors (Lipinski definition) is 2. The number of nitriles is 1. The van der Waals surface area contributed by atoms with E-state index >= 15 is 0 Å². The van der Waals surface area contributed by atoms with Gasteiger partial charge in [0, 0.05) is 31.6 Å². The highest BCUT2D eigenvalue weighted by Gasteiger charge is 2.21. The molecule has 0 bridgehead atoms. The maximum Gasteiger partial charge on any atom is 0.225 e. The van der Waals surface area contributed by atoms with Gasteiger partial charge in [-0.05, 0) is 24.9 Å². The molecule has 1 amide bonds. The highest BCUT2D eigenvalue weighted by atomic mass is 32.1. The monoisotopic (exact) mass is 279 g/mol. The number of carbonyl (C=O) groups is 1. The average molecular weight is 279 g/mol. The van der Waals surface area contributed by atoms with Gasteiger partial charge in [0.05, 0.1) is 5.56 Å².